The lowest BCUT2D eigenvalue weighted by Crippen LogP contribution is -2.20. The second kappa shape index (κ2) is 3.63. The molecule has 0 bridgehead atoms. The van der Waals surface area contributed by atoms with Crippen molar-refractivity contribution < 1.29 is 5.11 Å². The molecule has 0 aliphatic heterocycles. The first-order chi connectivity index (χ1) is 7.45. The summed E-state index contributed by atoms with van der Waals surface area (Å²) in [6.45, 7) is 8.78. The standard InChI is InChI=1S/C14H19NO/c1-5-15-12(14(3,4)16)9-11-8-6-7-10(2)13(11)15/h6-9,16H,5H2,1-4H3. The van der Waals surface area contributed by atoms with Gasteiger partial charge in [-0.25, -0.2) is 0 Å². The highest BCUT2D eigenvalue weighted by Crippen LogP contribution is 2.29. The molecule has 1 heterocycles. The highest BCUT2D eigenvalue weighted by Gasteiger charge is 2.22. The van der Waals surface area contributed by atoms with E-state index in [9.17, 15) is 5.11 Å². The molecule has 16 heavy (non-hydrogen) atoms. The van der Waals surface area contributed by atoms with Gasteiger partial charge in [0.15, 0.2) is 0 Å². The zero-order chi connectivity index (χ0) is 11.9. The largest absolute Gasteiger partial charge is 0.384 e. The lowest BCUT2D eigenvalue weighted by molar-refractivity contribution is 0.0704. The molecule has 2 aromatic rings. The molecule has 2 rings (SSSR count). The average Bonchev–Trinajstić information content (AvgIpc) is 2.57. The molecule has 2 heteroatoms. The Morgan fingerprint density at radius 2 is 2.00 bits per heavy atom. The van der Waals surface area contributed by atoms with Crippen molar-refractivity contribution in [2.24, 2.45) is 0 Å². The summed E-state index contributed by atoms with van der Waals surface area (Å²) in [4.78, 5) is 0. The van der Waals surface area contributed by atoms with E-state index >= 15 is 0 Å². The molecule has 0 unspecified atom stereocenters. The molecule has 0 aliphatic rings. The van der Waals surface area contributed by atoms with Crippen LogP contribution in [0, 0.1) is 6.92 Å². The van der Waals surface area contributed by atoms with E-state index in [0.29, 0.717) is 0 Å². The number of hydrogen-bond donors (Lipinski definition) is 1. The number of nitrogens with zero attached hydrogens (tertiary/aromatic N) is 1. The van der Waals surface area contributed by atoms with Crippen LogP contribution >= 0.6 is 0 Å². The Bertz CT molecular complexity index is 517. The molecule has 0 amide bonds. The van der Waals surface area contributed by atoms with E-state index in [0.717, 1.165) is 12.2 Å². The van der Waals surface area contributed by atoms with Crippen LogP contribution in [0.2, 0.25) is 0 Å². The Labute approximate surface area is 96.5 Å². The maximum absolute atomic E-state index is 10.2. The van der Waals surface area contributed by atoms with Crippen molar-refractivity contribution in [2.45, 2.75) is 39.8 Å². The molecule has 0 radical (unpaired) electrons. The lowest BCUT2D eigenvalue weighted by Gasteiger charge is -2.20. The molecule has 1 aromatic carbocycles. The minimum Gasteiger partial charge on any atom is -0.384 e. The summed E-state index contributed by atoms with van der Waals surface area (Å²) < 4.78 is 2.20. The molecule has 0 saturated carbocycles. The molecule has 1 aromatic heterocycles. The summed E-state index contributed by atoms with van der Waals surface area (Å²) in [5.74, 6) is 0. The number of benzene rings is 1. The van der Waals surface area contributed by atoms with Crippen molar-refractivity contribution in [3.63, 3.8) is 0 Å². The van der Waals surface area contributed by atoms with E-state index in [2.05, 4.69) is 42.7 Å². The molecular weight excluding hydrogens is 198 g/mol. The summed E-state index contributed by atoms with van der Waals surface area (Å²) in [5.41, 5.74) is 2.69. The van der Waals surface area contributed by atoms with Crippen molar-refractivity contribution in [1.29, 1.82) is 0 Å². The molecule has 1 N–H and O–H groups in total. The minimum atomic E-state index is -0.790. The molecule has 0 spiro atoms. The van der Waals surface area contributed by atoms with Crippen LogP contribution in [0.15, 0.2) is 24.3 Å². The van der Waals surface area contributed by atoms with Gasteiger partial charge in [-0.15, -0.1) is 0 Å². The predicted molar refractivity (Wildman–Crippen MR) is 67.6 cm³/mol. The number of fused-ring (bicyclic) bond motifs is 1. The highest BCUT2D eigenvalue weighted by atomic mass is 16.3. The first-order valence-electron chi connectivity index (χ1n) is 5.77. The van der Waals surface area contributed by atoms with E-state index in [1.54, 1.807) is 0 Å². The summed E-state index contributed by atoms with van der Waals surface area (Å²) in [5, 5.41) is 11.4. The topological polar surface area (TPSA) is 25.2 Å². The third-order valence-electron chi connectivity index (χ3n) is 3.06. The first-order valence-corrected chi connectivity index (χ1v) is 5.77. The minimum absolute atomic E-state index is 0.790. The second-order valence-electron chi connectivity index (χ2n) is 4.85. The van der Waals surface area contributed by atoms with Gasteiger partial charge >= 0.3 is 0 Å². The number of para-hydroxylation sites is 1. The lowest BCUT2D eigenvalue weighted by atomic mass is 10.1. The van der Waals surface area contributed by atoms with Gasteiger partial charge < -0.3 is 9.67 Å². The third-order valence-corrected chi connectivity index (χ3v) is 3.06. The quantitative estimate of drug-likeness (QED) is 0.821. The van der Waals surface area contributed by atoms with Gasteiger partial charge in [0.2, 0.25) is 0 Å². The van der Waals surface area contributed by atoms with Gasteiger partial charge in [-0.2, -0.15) is 0 Å². The van der Waals surface area contributed by atoms with Crippen LogP contribution in [0.3, 0.4) is 0 Å². The number of rotatable bonds is 2. The van der Waals surface area contributed by atoms with Gasteiger partial charge in [-0.1, -0.05) is 18.2 Å². The van der Waals surface area contributed by atoms with Gasteiger partial charge in [0, 0.05) is 11.9 Å². The molecule has 2 nitrogen and oxygen atoms in total. The number of aryl methyl sites for hydroxylation is 2. The van der Waals surface area contributed by atoms with Gasteiger partial charge in [0.1, 0.15) is 0 Å². The number of aliphatic hydroxyl groups is 1. The monoisotopic (exact) mass is 217 g/mol. The van der Waals surface area contributed by atoms with E-state index in [1.165, 1.54) is 16.5 Å². The van der Waals surface area contributed by atoms with Crippen molar-refractivity contribution in [2.75, 3.05) is 0 Å². The smallest absolute Gasteiger partial charge is 0.0989 e. The van der Waals surface area contributed by atoms with E-state index in [4.69, 9.17) is 0 Å². The van der Waals surface area contributed by atoms with E-state index in [-0.39, 0.29) is 0 Å². The van der Waals surface area contributed by atoms with Gasteiger partial charge in [0.25, 0.3) is 0 Å². The summed E-state index contributed by atoms with van der Waals surface area (Å²) in [6.07, 6.45) is 0. The molecule has 0 fully saturated rings. The molecule has 0 aliphatic carbocycles. The summed E-state index contributed by atoms with van der Waals surface area (Å²) in [7, 11) is 0. The van der Waals surface area contributed by atoms with Gasteiger partial charge in [-0.05, 0) is 39.3 Å². The van der Waals surface area contributed by atoms with Crippen LogP contribution in [0.4, 0.5) is 0 Å². The van der Waals surface area contributed by atoms with Crippen molar-refractivity contribution in [3.05, 3.63) is 35.5 Å². The van der Waals surface area contributed by atoms with Crippen molar-refractivity contribution in [3.8, 4) is 0 Å². The Balaban J connectivity index is 2.83. The van der Waals surface area contributed by atoms with E-state index in [1.807, 2.05) is 13.8 Å². The van der Waals surface area contributed by atoms with Crippen LogP contribution in [-0.4, -0.2) is 9.67 Å². The SMILES string of the molecule is CCn1c(C(C)(C)O)cc2cccc(C)c21. The Morgan fingerprint density at radius 3 is 2.56 bits per heavy atom. The zero-order valence-corrected chi connectivity index (χ0v) is 10.4. The van der Waals surface area contributed by atoms with Crippen LogP contribution in [0.1, 0.15) is 32.0 Å². The second-order valence-corrected chi connectivity index (χ2v) is 4.85. The molecule has 86 valence electrons. The molecule has 0 atom stereocenters. The van der Waals surface area contributed by atoms with E-state index < -0.39 is 5.60 Å². The maximum atomic E-state index is 10.2. The number of hydrogen-bond acceptors (Lipinski definition) is 1. The molecular formula is C14H19NO. The van der Waals surface area contributed by atoms with Crippen LogP contribution in [-0.2, 0) is 12.1 Å². The first kappa shape index (κ1) is 11.2. The van der Waals surface area contributed by atoms with Crippen LogP contribution in [0.5, 0.6) is 0 Å². The highest BCUT2D eigenvalue weighted by molar-refractivity contribution is 5.84. The third kappa shape index (κ3) is 1.63. The van der Waals surface area contributed by atoms with Crippen LogP contribution in [0.25, 0.3) is 10.9 Å². The predicted octanol–water partition coefficient (Wildman–Crippen LogP) is 3.20. The summed E-state index contributed by atoms with van der Waals surface area (Å²) >= 11 is 0. The zero-order valence-electron chi connectivity index (χ0n) is 10.4. The van der Waals surface area contributed by atoms with Crippen molar-refractivity contribution >= 4 is 10.9 Å². The summed E-state index contributed by atoms with van der Waals surface area (Å²) in [6, 6.07) is 8.37. The van der Waals surface area contributed by atoms with Gasteiger partial charge in [-0.3, -0.25) is 0 Å². The fourth-order valence-electron chi connectivity index (χ4n) is 2.35. The number of aromatic nitrogens is 1. The normalized spacial score (nSPS) is 12.3. The Hall–Kier alpha value is -1.28. The molecule has 0 saturated heterocycles. The Morgan fingerprint density at radius 1 is 1.31 bits per heavy atom. The van der Waals surface area contributed by atoms with Gasteiger partial charge in [0.05, 0.1) is 16.8 Å². The fourth-order valence-corrected chi connectivity index (χ4v) is 2.35. The Kier molecular flexibility index (Phi) is 2.55. The van der Waals surface area contributed by atoms with Crippen molar-refractivity contribution in [1.82, 2.24) is 4.57 Å². The van der Waals surface area contributed by atoms with Crippen LogP contribution < -0.4 is 0 Å². The maximum Gasteiger partial charge on any atom is 0.0989 e. The fraction of sp³-hybridized carbons (Fsp3) is 0.429. The average molecular weight is 217 g/mol.